The Balaban J connectivity index is 1.62. The Morgan fingerprint density at radius 3 is 2.71 bits per heavy atom. The third-order valence-corrected chi connectivity index (χ3v) is 3.55. The van der Waals surface area contributed by atoms with Gasteiger partial charge in [-0.2, -0.15) is 0 Å². The molecular formula is C11H22N2O. The van der Waals surface area contributed by atoms with Gasteiger partial charge in [0.15, 0.2) is 0 Å². The Kier molecular flexibility index (Phi) is 3.10. The molecule has 0 amide bonds. The lowest BCUT2D eigenvalue weighted by atomic mass is 9.95. The molecule has 82 valence electrons. The zero-order valence-corrected chi connectivity index (χ0v) is 9.31. The lowest BCUT2D eigenvalue weighted by molar-refractivity contribution is 0.0889. The summed E-state index contributed by atoms with van der Waals surface area (Å²) in [5.74, 6) is 0. The highest BCUT2D eigenvalue weighted by molar-refractivity contribution is 4.93. The van der Waals surface area contributed by atoms with Crippen molar-refractivity contribution < 1.29 is 4.74 Å². The van der Waals surface area contributed by atoms with E-state index in [4.69, 9.17) is 4.74 Å². The van der Waals surface area contributed by atoms with Gasteiger partial charge in [0.25, 0.3) is 0 Å². The summed E-state index contributed by atoms with van der Waals surface area (Å²) in [6.07, 6.45) is 4.23. The Morgan fingerprint density at radius 2 is 2.14 bits per heavy atom. The zero-order valence-electron chi connectivity index (χ0n) is 9.31. The first-order chi connectivity index (χ1) is 6.71. The van der Waals surface area contributed by atoms with Crippen LogP contribution in [-0.2, 0) is 4.74 Å². The summed E-state index contributed by atoms with van der Waals surface area (Å²) in [7, 11) is 0. The molecule has 1 aliphatic heterocycles. The van der Waals surface area contributed by atoms with Crippen LogP contribution < -0.4 is 10.6 Å². The van der Waals surface area contributed by atoms with Crippen LogP contribution in [0.4, 0.5) is 0 Å². The third kappa shape index (κ3) is 2.47. The van der Waals surface area contributed by atoms with Gasteiger partial charge < -0.3 is 15.4 Å². The maximum Gasteiger partial charge on any atom is 0.0726 e. The van der Waals surface area contributed by atoms with Gasteiger partial charge in [-0.1, -0.05) is 0 Å². The molecule has 2 unspecified atom stereocenters. The molecule has 2 atom stereocenters. The average Bonchev–Trinajstić information content (AvgIpc) is 2.91. The van der Waals surface area contributed by atoms with Crippen LogP contribution in [0.1, 0.15) is 33.1 Å². The predicted octanol–water partition coefficient (Wildman–Crippen LogP) is 0.895. The smallest absolute Gasteiger partial charge is 0.0726 e. The Labute approximate surface area is 86.6 Å². The van der Waals surface area contributed by atoms with Crippen molar-refractivity contribution in [3.63, 3.8) is 0 Å². The maximum absolute atomic E-state index is 5.58. The molecule has 0 aromatic heterocycles. The van der Waals surface area contributed by atoms with Crippen LogP contribution in [0.3, 0.4) is 0 Å². The first-order valence-electron chi connectivity index (χ1n) is 5.81. The van der Waals surface area contributed by atoms with Crippen molar-refractivity contribution in [2.75, 3.05) is 19.7 Å². The average molecular weight is 198 g/mol. The van der Waals surface area contributed by atoms with Gasteiger partial charge in [0, 0.05) is 31.3 Å². The van der Waals surface area contributed by atoms with Crippen molar-refractivity contribution in [3.8, 4) is 0 Å². The molecule has 1 heterocycles. The lowest BCUT2D eigenvalue weighted by Gasteiger charge is -2.29. The minimum absolute atomic E-state index is 0.200. The van der Waals surface area contributed by atoms with Crippen LogP contribution in [-0.4, -0.2) is 37.4 Å². The van der Waals surface area contributed by atoms with Crippen molar-refractivity contribution in [3.05, 3.63) is 0 Å². The molecule has 0 spiro atoms. The van der Waals surface area contributed by atoms with E-state index in [1.54, 1.807) is 0 Å². The third-order valence-electron chi connectivity index (χ3n) is 3.55. The number of ether oxygens (including phenoxy) is 1. The second kappa shape index (κ2) is 4.17. The summed E-state index contributed by atoms with van der Waals surface area (Å²) in [6, 6.07) is 0.821. The minimum atomic E-state index is 0.200. The summed E-state index contributed by atoms with van der Waals surface area (Å²) in [5.41, 5.74) is 0.200. The van der Waals surface area contributed by atoms with Crippen LogP contribution in [0.5, 0.6) is 0 Å². The molecule has 2 fully saturated rings. The Bertz CT molecular complexity index is 194. The van der Waals surface area contributed by atoms with Crippen LogP contribution in [0.2, 0.25) is 0 Å². The maximum atomic E-state index is 5.58. The normalized spacial score (nSPS) is 37.7. The monoisotopic (exact) mass is 198 g/mol. The first kappa shape index (κ1) is 10.4. The molecule has 3 heteroatoms. The van der Waals surface area contributed by atoms with Gasteiger partial charge >= 0.3 is 0 Å². The number of hydrogen-bond acceptors (Lipinski definition) is 3. The Hall–Kier alpha value is -0.120. The molecule has 1 saturated carbocycles. The highest BCUT2D eigenvalue weighted by atomic mass is 16.5. The van der Waals surface area contributed by atoms with Crippen LogP contribution >= 0.6 is 0 Å². The molecule has 2 N–H and O–H groups in total. The van der Waals surface area contributed by atoms with Crippen LogP contribution in [0, 0.1) is 0 Å². The summed E-state index contributed by atoms with van der Waals surface area (Å²) in [6.45, 7) is 7.48. The van der Waals surface area contributed by atoms with Gasteiger partial charge in [-0.05, 0) is 33.1 Å². The van der Waals surface area contributed by atoms with E-state index in [0.29, 0.717) is 6.10 Å². The summed E-state index contributed by atoms with van der Waals surface area (Å²) in [5, 5.41) is 7.11. The van der Waals surface area contributed by atoms with E-state index in [1.165, 1.54) is 12.8 Å². The minimum Gasteiger partial charge on any atom is -0.377 e. The fourth-order valence-electron chi connectivity index (χ4n) is 1.98. The van der Waals surface area contributed by atoms with Gasteiger partial charge in [-0.25, -0.2) is 0 Å². The molecule has 0 bridgehead atoms. The second-order valence-electron chi connectivity index (χ2n) is 4.84. The van der Waals surface area contributed by atoms with E-state index in [1.807, 2.05) is 0 Å². The van der Waals surface area contributed by atoms with Crippen LogP contribution in [0.15, 0.2) is 0 Å². The van der Waals surface area contributed by atoms with E-state index in [0.717, 1.165) is 32.2 Å². The Morgan fingerprint density at radius 1 is 1.36 bits per heavy atom. The fourth-order valence-corrected chi connectivity index (χ4v) is 1.98. The topological polar surface area (TPSA) is 33.3 Å². The summed E-state index contributed by atoms with van der Waals surface area (Å²) < 4.78 is 5.58. The predicted molar refractivity (Wildman–Crippen MR) is 57.5 cm³/mol. The van der Waals surface area contributed by atoms with Gasteiger partial charge in [-0.3, -0.25) is 0 Å². The van der Waals surface area contributed by atoms with Gasteiger partial charge in [0.05, 0.1) is 6.10 Å². The molecule has 14 heavy (non-hydrogen) atoms. The summed E-state index contributed by atoms with van der Waals surface area (Å²) >= 11 is 0. The van der Waals surface area contributed by atoms with Crippen molar-refractivity contribution >= 4 is 0 Å². The van der Waals surface area contributed by atoms with Gasteiger partial charge in [0.1, 0.15) is 0 Å². The number of hydrogen-bond donors (Lipinski definition) is 2. The molecule has 0 radical (unpaired) electrons. The fraction of sp³-hybridized carbons (Fsp3) is 1.00. The van der Waals surface area contributed by atoms with E-state index in [9.17, 15) is 0 Å². The molecule has 2 rings (SSSR count). The highest BCUT2D eigenvalue weighted by Crippen LogP contribution is 2.24. The standard InChI is InChI=1S/C11H22N2O/c1-9-11(2,5-8-14-9)13-7-6-12-10-3-4-10/h9-10,12-13H,3-8H2,1-2H3. The van der Waals surface area contributed by atoms with E-state index in [-0.39, 0.29) is 5.54 Å². The molecule has 1 aliphatic carbocycles. The zero-order chi connectivity index (χ0) is 10.0. The molecule has 0 aromatic carbocycles. The lowest BCUT2D eigenvalue weighted by Crippen LogP contribution is -2.49. The molecular weight excluding hydrogens is 176 g/mol. The largest absolute Gasteiger partial charge is 0.377 e. The first-order valence-corrected chi connectivity index (χ1v) is 5.81. The summed E-state index contributed by atoms with van der Waals surface area (Å²) in [4.78, 5) is 0. The van der Waals surface area contributed by atoms with Crippen molar-refractivity contribution in [2.24, 2.45) is 0 Å². The number of rotatable bonds is 5. The van der Waals surface area contributed by atoms with Crippen molar-refractivity contribution in [2.45, 2.75) is 50.8 Å². The van der Waals surface area contributed by atoms with Crippen LogP contribution in [0.25, 0.3) is 0 Å². The molecule has 0 aromatic rings. The SMILES string of the molecule is CC1OCCC1(C)NCCNC1CC1. The van der Waals surface area contributed by atoms with E-state index < -0.39 is 0 Å². The quantitative estimate of drug-likeness (QED) is 0.644. The number of nitrogens with one attached hydrogen (secondary N) is 2. The second-order valence-corrected chi connectivity index (χ2v) is 4.84. The van der Waals surface area contributed by atoms with Crippen molar-refractivity contribution in [1.82, 2.24) is 10.6 Å². The molecule has 3 nitrogen and oxygen atoms in total. The molecule has 2 aliphatic rings. The van der Waals surface area contributed by atoms with Gasteiger partial charge in [-0.15, -0.1) is 0 Å². The molecule has 1 saturated heterocycles. The van der Waals surface area contributed by atoms with Gasteiger partial charge in [0.2, 0.25) is 0 Å². The van der Waals surface area contributed by atoms with E-state index >= 15 is 0 Å². The van der Waals surface area contributed by atoms with E-state index in [2.05, 4.69) is 24.5 Å². The highest BCUT2D eigenvalue weighted by Gasteiger charge is 2.36. The van der Waals surface area contributed by atoms with Crippen molar-refractivity contribution in [1.29, 1.82) is 0 Å².